The third-order valence-corrected chi connectivity index (χ3v) is 5.60. The van der Waals surface area contributed by atoms with Crippen LogP contribution in [-0.4, -0.2) is 39.6 Å². The van der Waals surface area contributed by atoms with E-state index in [1.807, 2.05) is 24.3 Å². The minimum absolute atomic E-state index is 0.0574. The Hall–Kier alpha value is -2.71. The van der Waals surface area contributed by atoms with Crippen molar-refractivity contribution < 1.29 is 19.4 Å². The molecule has 1 aliphatic rings. The van der Waals surface area contributed by atoms with Crippen molar-refractivity contribution in [3.63, 3.8) is 0 Å². The number of aliphatic carboxylic acids is 1. The van der Waals surface area contributed by atoms with Crippen molar-refractivity contribution in [2.45, 2.75) is 31.4 Å². The van der Waals surface area contributed by atoms with Crippen LogP contribution in [0.5, 0.6) is 0 Å². The lowest BCUT2D eigenvalue weighted by Gasteiger charge is -2.13. The number of benzene rings is 1. The summed E-state index contributed by atoms with van der Waals surface area (Å²) in [4.78, 5) is 31.6. The monoisotopic (exact) mass is 385 g/mol. The van der Waals surface area contributed by atoms with Gasteiger partial charge in [0.05, 0.1) is 0 Å². The van der Waals surface area contributed by atoms with E-state index >= 15 is 0 Å². The fourth-order valence-corrected chi connectivity index (χ4v) is 4.15. The van der Waals surface area contributed by atoms with Crippen LogP contribution in [0.15, 0.2) is 35.8 Å². The van der Waals surface area contributed by atoms with Gasteiger partial charge in [0.2, 0.25) is 0 Å². The van der Waals surface area contributed by atoms with Gasteiger partial charge in [0.15, 0.2) is 0 Å². The maximum atomic E-state index is 12.5. The lowest BCUT2D eigenvalue weighted by molar-refractivity contribution is -0.139. The number of carbonyl (C=O) groups excluding carboxylic acids is 1. The molecule has 3 N–H and O–H groups in total. The highest BCUT2D eigenvalue weighted by Crippen LogP contribution is 2.30. The van der Waals surface area contributed by atoms with Crippen LogP contribution in [0.4, 0.5) is 0 Å². The molecule has 1 saturated heterocycles. The van der Waals surface area contributed by atoms with Gasteiger partial charge in [-0.2, -0.15) is 0 Å². The lowest BCUT2D eigenvalue weighted by Crippen LogP contribution is -2.42. The molecular formula is C19H19N3O4S. The third-order valence-electron chi connectivity index (χ3n) is 4.66. The number of carboxylic acid groups (broad SMARTS) is 1. The second kappa shape index (κ2) is 7.50. The molecule has 2 aromatic heterocycles. The molecule has 2 atom stereocenters. The molecule has 1 aliphatic heterocycles. The highest BCUT2D eigenvalue weighted by molar-refractivity contribution is 7.09. The second-order valence-electron chi connectivity index (χ2n) is 6.50. The maximum Gasteiger partial charge on any atom is 0.326 e. The molecule has 7 nitrogen and oxygen atoms in total. The molecule has 0 spiro atoms. The predicted octanol–water partition coefficient (Wildman–Crippen LogP) is 2.90. The quantitative estimate of drug-likeness (QED) is 0.605. The molecule has 8 heteroatoms. The summed E-state index contributed by atoms with van der Waals surface area (Å²) in [5.74, 6) is -1.56. The summed E-state index contributed by atoms with van der Waals surface area (Å²) in [7, 11) is 0. The molecule has 0 bridgehead atoms. The summed E-state index contributed by atoms with van der Waals surface area (Å²) < 4.78 is 5.58. The molecule has 0 saturated carbocycles. The van der Waals surface area contributed by atoms with Gasteiger partial charge >= 0.3 is 5.97 Å². The number of rotatable bonds is 6. The number of hydrogen-bond acceptors (Lipinski definition) is 5. The zero-order valence-corrected chi connectivity index (χ0v) is 15.3. The SMILES string of the molecule is O=C(NC(Cc1c[nH]c2ccccc12)C(=O)O)c1csc(C2CCCO2)n1. The molecule has 140 valence electrons. The Morgan fingerprint density at radius 3 is 3.04 bits per heavy atom. The highest BCUT2D eigenvalue weighted by atomic mass is 32.1. The van der Waals surface area contributed by atoms with E-state index in [0.29, 0.717) is 6.61 Å². The van der Waals surface area contributed by atoms with Crippen LogP contribution in [0.2, 0.25) is 0 Å². The molecule has 0 radical (unpaired) electrons. The van der Waals surface area contributed by atoms with Crippen LogP contribution >= 0.6 is 11.3 Å². The third kappa shape index (κ3) is 3.72. The Bertz CT molecular complexity index is 974. The topological polar surface area (TPSA) is 104 Å². The number of nitrogens with zero attached hydrogens (tertiary/aromatic N) is 1. The van der Waals surface area contributed by atoms with Crippen molar-refractivity contribution in [1.82, 2.24) is 15.3 Å². The zero-order chi connectivity index (χ0) is 18.8. The largest absolute Gasteiger partial charge is 0.480 e. The molecule has 27 heavy (non-hydrogen) atoms. The number of nitrogens with one attached hydrogen (secondary N) is 2. The number of hydrogen-bond donors (Lipinski definition) is 3. The Morgan fingerprint density at radius 2 is 2.26 bits per heavy atom. The lowest BCUT2D eigenvalue weighted by atomic mass is 10.0. The van der Waals surface area contributed by atoms with Crippen LogP contribution in [0.25, 0.3) is 10.9 Å². The van der Waals surface area contributed by atoms with Crippen LogP contribution in [0.1, 0.15) is 40.0 Å². The summed E-state index contributed by atoms with van der Waals surface area (Å²) in [6.45, 7) is 0.706. The molecule has 2 unspecified atom stereocenters. The van der Waals surface area contributed by atoms with Gasteiger partial charge in [0, 0.05) is 35.5 Å². The van der Waals surface area contributed by atoms with E-state index in [1.165, 1.54) is 11.3 Å². The minimum atomic E-state index is -1.08. The first-order chi connectivity index (χ1) is 13.1. The van der Waals surface area contributed by atoms with Crippen LogP contribution < -0.4 is 5.32 Å². The first-order valence-corrected chi connectivity index (χ1v) is 9.65. The number of carboxylic acids is 1. The zero-order valence-electron chi connectivity index (χ0n) is 14.5. The van der Waals surface area contributed by atoms with Crippen molar-refractivity contribution in [1.29, 1.82) is 0 Å². The Morgan fingerprint density at radius 1 is 1.41 bits per heavy atom. The first-order valence-electron chi connectivity index (χ1n) is 8.77. The van der Waals surface area contributed by atoms with Crippen LogP contribution in [-0.2, 0) is 16.0 Å². The Labute approximate surface area is 159 Å². The minimum Gasteiger partial charge on any atom is -0.480 e. The maximum absolute atomic E-state index is 12.5. The number of aromatic amines is 1. The van der Waals surface area contributed by atoms with Gasteiger partial charge in [0.1, 0.15) is 22.8 Å². The summed E-state index contributed by atoms with van der Waals surface area (Å²) in [6, 6.07) is 6.62. The van der Waals surface area contributed by atoms with E-state index in [2.05, 4.69) is 15.3 Å². The van der Waals surface area contributed by atoms with E-state index in [-0.39, 0.29) is 18.2 Å². The van der Waals surface area contributed by atoms with Gasteiger partial charge in [-0.25, -0.2) is 9.78 Å². The van der Waals surface area contributed by atoms with Gasteiger partial charge in [-0.15, -0.1) is 11.3 Å². The number of para-hydroxylation sites is 1. The number of carbonyl (C=O) groups is 2. The van der Waals surface area contributed by atoms with Gasteiger partial charge in [0.25, 0.3) is 5.91 Å². The number of amides is 1. The number of aromatic nitrogens is 2. The van der Waals surface area contributed by atoms with E-state index in [9.17, 15) is 14.7 Å². The first kappa shape index (κ1) is 17.7. The molecule has 1 fully saturated rings. The van der Waals surface area contributed by atoms with Gasteiger partial charge in [-0.1, -0.05) is 18.2 Å². The molecule has 1 amide bonds. The number of ether oxygens (including phenoxy) is 1. The Balaban J connectivity index is 1.48. The van der Waals surface area contributed by atoms with Crippen LogP contribution in [0.3, 0.4) is 0 Å². The number of fused-ring (bicyclic) bond motifs is 1. The average Bonchev–Trinajstić information content (AvgIpc) is 3.41. The number of thiazole rings is 1. The van der Waals surface area contributed by atoms with Crippen LogP contribution in [0, 0.1) is 0 Å². The molecule has 3 heterocycles. The molecule has 0 aliphatic carbocycles. The Kier molecular flexibility index (Phi) is 4.91. The molecule has 3 aromatic rings. The van der Waals surface area contributed by atoms with Crippen molar-refractivity contribution in [2.75, 3.05) is 6.61 Å². The second-order valence-corrected chi connectivity index (χ2v) is 7.39. The fourth-order valence-electron chi connectivity index (χ4n) is 3.26. The summed E-state index contributed by atoms with van der Waals surface area (Å²) in [6.07, 6.45) is 3.79. The molecule has 1 aromatic carbocycles. The summed E-state index contributed by atoms with van der Waals surface area (Å²) >= 11 is 1.37. The molecule has 4 rings (SSSR count). The van der Waals surface area contributed by atoms with Gasteiger partial charge in [-0.3, -0.25) is 4.79 Å². The van der Waals surface area contributed by atoms with Crippen molar-refractivity contribution >= 4 is 34.1 Å². The summed E-state index contributed by atoms with van der Waals surface area (Å²) in [5, 5.41) is 15.5. The van der Waals surface area contributed by atoms with E-state index in [4.69, 9.17) is 4.74 Å². The van der Waals surface area contributed by atoms with Gasteiger partial charge < -0.3 is 20.1 Å². The van der Waals surface area contributed by atoms with Crippen molar-refractivity contribution in [3.05, 3.63) is 52.1 Å². The predicted molar refractivity (Wildman–Crippen MR) is 101 cm³/mol. The normalized spacial score (nSPS) is 17.9. The van der Waals surface area contributed by atoms with E-state index in [0.717, 1.165) is 34.3 Å². The van der Waals surface area contributed by atoms with Gasteiger partial charge in [-0.05, 0) is 24.5 Å². The van der Waals surface area contributed by atoms with Crippen molar-refractivity contribution in [3.8, 4) is 0 Å². The smallest absolute Gasteiger partial charge is 0.326 e. The van der Waals surface area contributed by atoms with Crippen molar-refractivity contribution in [2.24, 2.45) is 0 Å². The summed E-state index contributed by atoms with van der Waals surface area (Å²) in [5.41, 5.74) is 2.01. The van der Waals surface area contributed by atoms with E-state index < -0.39 is 17.9 Å². The standard InChI is InChI=1S/C19H19N3O4S/c23-17(15-10-27-18(22-15)16-6-3-7-26-16)21-14(19(24)25)8-11-9-20-13-5-2-1-4-12(11)13/h1-2,4-5,9-10,14,16,20H,3,6-8H2,(H,21,23)(H,24,25). The number of H-pyrrole nitrogens is 1. The average molecular weight is 385 g/mol. The highest BCUT2D eigenvalue weighted by Gasteiger charge is 2.26. The van der Waals surface area contributed by atoms with E-state index in [1.54, 1.807) is 11.6 Å². The molecular weight excluding hydrogens is 366 g/mol. The fraction of sp³-hybridized carbons (Fsp3) is 0.316.